The minimum atomic E-state index is -0.377. The second-order valence-corrected chi connectivity index (χ2v) is 7.81. The van der Waals surface area contributed by atoms with E-state index in [4.69, 9.17) is 9.26 Å². The molecule has 11 heteroatoms. The van der Waals surface area contributed by atoms with E-state index in [1.807, 2.05) is 35.3 Å². The Hall–Kier alpha value is -3.08. The smallest absolute Gasteiger partial charge is 0.410 e. The van der Waals surface area contributed by atoms with Crippen LogP contribution in [-0.2, 0) is 20.9 Å². The lowest BCUT2D eigenvalue weighted by molar-refractivity contribution is -0.759. The van der Waals surface area contributed by atoms with E-state index in [0.717, 1.165) is 17.3 Å². The van der Waals surface area contributed by atoms with Crippen molar-refractivity contribution in [2.75, 3.05) is 36.9 Å². The highest BCUT2D eigenvalue weighted by molar-refractivity contribution is 8.13. The predicted molar refractivity (Wildman–Crippen MR) is 109 cm³/mol. The van der Waals surface area contributed by atoms with Crippen LogP contribution in [0.25, 0.3) is 5.32 Å². The minimum absolute atomic E-state index is 0.0385. The molecule has 0 radical (unpaired) electrons. The second kappa shape index (κ2) is 10.6. The molecule has 1 fully saturated rings. The van der Waals surface area contributed by atoms with E-state index in [9.17, 15) is 14.4 Å². The van der Waals surface area contributed by atoms with Crippen molar-refractivity contribution in [1.82, 2.24) is 10.2 Å². The number of aromatic nitrogens is 2. The number of thioether (sulfide) groups is 1. The summed E-state index contributed by atoms with van der Waals surface area (Å²) >= 11 is 1.08. The summed E-state index contributed by atoms with van der Waals surface area (Å²) in [4.78, 5) is 38.0. The van der Waals surface area contributed by atoms with Crippen molar-refractivity contribution >= 4 is 34.8 Å². The van der Waals surface area contributed by atoms with Gasteiger partial charge in [-0.2, -0.15) is 0 Å². The van der Waals surface area contributed by atoms with Gasteiger partial charge in [-0.25, -0.2) is 4.79 Å². The van der Waals surface area contributed by atoms with Crippen LogP contribution in [0.3, 0.4) is 0 Å². The van der Waals surface area contributed by atoms with Crippen LogP contribution in [0, 0.1) is 0 Å². The Morgan fingerprint density at radius 2 is 1.93 bits per heavy atom. The van der Waals surface area contributed by atoms with Crippen molar-refractivity contribution in [3.05, 3.63) is 47.4 Å². The van der Waals surface area contributed by atoms with E-state index in [1.165, 1.54) is 17.9 Å². The Labute approximate surface area is 178 Å². The lowest BCUT2D eigenvalue weighted by atomic mass is 10.2. The summed E-state index contributed by atoms with van der Waals surface area (Å²) in [6, 6.07) is 9.52. The standard InChI is InChI=1S/C19H23N5O5S/c1-15(25)30-12-7-17(26)20-18-13-24(21-29-18)23-10-8-22(9-11-23)19(27)28-14-16-5-3-2-4-6-16/h2-6,13H,7-12,14H2,1H3. The Morgan fingerprint density at radius 3 is 2.63 bits per heavy atom. The number of ether oxygens (including phenoxy) is 1. The van der Waals surface area contributed by atoms with E-state index in [-0.39, 0.29) is 36.0 Å². The number of amides is 2. The van der Waals surface area contributed by atoms with Crippen LogP contribution >= 0.6 is 11.8 Å². The maximum atomic E-state index is 12.2. The van der Waals surface area contributed by atoms with Crippen molar-refractivity contribution in [3.8, 4) is 0 Å². The summed E-state index contributed by atoms with van der Waals surface area (Å²) in [6.07, 6.45) is 1.31. The van der Waals surface area contributed by atoms with Crippen LogP contribution < -0.4 is 9.80 Å². The number of nitrogens with zero attached hydrogens (tertiary/aromatic N) is 5. The fraction of sp³-hybridized carbons (Fsp3) is 0.421. The molecule has 0 aliphatic carbocycles. The monoisotopic (exact) mass is 433 g/mol. The average molecular weight is 433 g/mol. The van der Waals surface area contributed by atoms with Crippen LogP contribution in [0.1, 0.15) is 18.9 Å². The molecule has 0 N–H and O–H groups in total. The Balaban J connectivity index is 1.41. The number of carbonyl (C=O) groups is 3. The summed E-state index contributed by atoms with van der Waals surface area (Å²) in [5, 5.41) is 9.55. The number of carbonyl (C=O) groups excluding carboxylic acids is 3. The first-order valence-corrected chi connectivity index (χ1v) is 10.5. The number of rotatable bonds is 7. The van der Waals surface area contributed by atoms with Crippen molar-refractivity contribution in [2.45, 2.75) is 20.0 Å². The van der Waals surface area contributed by atoms with Gasteiger partial charge < -0.3 is 24.3 Å². The number of benzene rings is 1. The molecule has 3 rings (SSSR count). The molecule has 0 saturated carbocycles. The molecule has 0 unspecified atom stereocenters. The quantitative estimate of drug-likeness (QED) is 0.607. The van der Waals surface area contributed by atoms with Gasteiger partial charge >= 0.3 is 6.09 Å². The number of hydrogen-bond donors (Lipinski definition) is 0. The summed E-state index contributed by atoms with van der Waals surface area (Å²) in [6.45, 7) is 3.69. The first kappa shape index (κ1) is 21.6. The molecule has 2 aromatic rings. The molecule has 1 aromatic heterocycles. The molecular formula is C19H23N5O5S. The highest BCUT2D eigenvalue weighted by Crippen LogP contribution is 2.17. The lowest BCUT2D eigenvalue weighted by Crippen LogP contribution is -2.65. The van der Waals surface area contributed by atoms with E-state index >= 15 is 0 Å². The van der Waals surface area contributed by atoms with Gasteiger partial charge in [-0.05, 0) is 12.0 Å². The zero-order chi connectivity index (χ0) is 21.3. The second-order valence-electron chi connectivity index (χ2n) is 6.54. The van der Waals surface area contributed by atoms with E-state index in [2.05, 4.69) is 10.6 Å². The summed E-state index contributed by atoms with van der Waals surface area (Å²) in [5.41, 5.74) is 0.938. The summed E-state index contributed by atoms with van der Waals surface area (Å²) < 4.78 is 10.4. The molecule has 30 heavy (non-hydrogen) atoms. The maximum Gasteiger partial charge on any atom is 0.410 e. The van der Waals surface area contributed by atoms with Crippen LogP contribution in [0.5, 0.6) is 0 Å². The molecule has 1 aliphatic rings. The zero-order valence-electron chi connectivity index (χ0n) is 16.6. The van der Waals surface area contributed by atoms with Gasteiger partial charge in [-0.15, -0.1) is 5.01 Å². The Bertz CT molecular complexity index is 867. The SMILES string of the molecule is CC(=O)SCCC(=O)[N-]c1c[n+](N2CCN(C(=O)OCc3ccccc3)CC2)no1. The van der Waals surface area contributed by atoms with E-state index in [0.29, 0.717) is 31.9 Å². The molecule has 0 atom stereocenters. The van der Waals surface area contributed by atoms with Gasteiger partial charge in [0, 0.05) is 25.8 Å². The fourth-order valence-corrected chi connectivity index (χ4v) is 3.33. The van der Waals surface area contributed by atoms with Crippen LogP contribution in [0.4, 0.5) is 10.7 Å². The molecular weight excluding hydrogens is 410 g/mol. The molecule has 1 aromatic carbocycles. The van der Waals surface area contributed by atoms with Crippen molar-refractivity contribution in [2.24, 2.45) is 0 Å². The molecule has 160 valence electrons. The van der Waals surface area contributed by atoms with Crippen LogP contribution in [-0.4, -0.2) is 59.2 Å². The third kappa shape index (κ3) is 6.48. The molecule has 0 bridgehead atoms. The van der Waals surface area contributed by atoms with Crippen LogP contribution in [0.2, 0.25) is 0 Å². The molecule has 10 nitrogen and oxygen atoms in total. The highest BCUT2D eigenvalue weighted by atomic mass is 32.2. The molecule has 1 aliphatic heterocycles. The lowest BCUT2D eigenvalue weighted by Gasteiger charge is -2.29. The van der Waals surface area contributed by atoms with Gasteiger partial charge in [0.25, 0.3) is 6.20 Å². The minimum Gasteiger partial charge on any atom is -0.588 e. The fourth-order valence-electron chi connectivity index (χ4n) is 2.77. The van der Waals surface area contributed by atoms with E-state index in [1.54, 1.807) is 4.90 Å². The summed E-state index contributed by atoms with van der Waals surface area (Å²) in [7, 11) is 0. The van der Waals surface area contributed by atoms with Gasteiger partial charge in [0.1, 0.15) is 12.5 Å². The van der Waals surface area contributed by atoms with Crippen LogP contribution in [0.15, 0.2) is 41.1 Å². The van der Waals surface area contributed by atoms with E-state index < -0.39 is 0 Å². The average Bonchev–Trinajstić information content (AvgIpc) is 3.21. The van der Waals surface area contributed by atoms with Gasteiger partial charge in [0.2, 0.25) is 5.27 Å². The normalized spacial score (nSPS) is 13.8. The highest BCUT2D eigenvalue weighted by Gasteiger charge is 2.28. The topological polar surface area (TPSA) is 111 Å². The van der Waals surface area contributed by atoms with Gasteiger partial charge in [0.15, 0.2) is 5.12 Å². The molecule has 2 amide bonds. The van der Waals surface area contributed by atoms with Crippen molar-refractivity contribution < 1.29 is 28.4 Å². The van der Waals surface area contributed by atoms with Gasteiger partial charge in [-0.1, -0.05) is 42.1 Å². The summed E-state index contributed by atoms with van der Waals surface area (Å²) in [5.74, 6) is 0.101. The largest absolute Gasteiger partial charge is 0.588 e. The molecule has 1 saturated heterocycles. The van der Waals surface area contributed by atoms with Gasteiger partial charge in [0.05, 0.1) is 23.8 Å². The van der Waals surface area contributed by atoms with Crippen molar-refractivity contribution in [1.29, 1.82) is 0 Å². The number of piperazine rings is 1. The first-order valence-electron chi connectivity index (χ1n) is 9.49. The molecule has 2 heterocycles. The maximum absolute atomic E-state index is 12.2. The third-order valence-corrected chi connectivity index (χ3v) is 5.12. The zero-order valence-corrected chi connectivity index (χ0v) is 17.4. The Morgan fingerprint density at radius 1 is 1.20 bits per heavy atom. The Kier molecular flexibility index (Phi) is 7.66. The first-order chi connectivity index (χ1) is 14.5. The molecule has 0 spiro atoms. The van der Waals surface area contributed by atoms with Crippen molar-refractivity contribution in [3.63, 3.8) is 0 Å². The number of hydrogen-bond acceptors (Lipinski definition) is 8. The predicted octanol–water partition coefficient (Wildman–Crippen LogP) is 1.75. The third-order valence-electron chi connectivity index (χ3n) is 4.31. The van der Waals surface area contributed by atoms with Gasteiger partial charge in [-0.3, -0.25) is 4.79 Å².